The van der Waals surface area contributed by atoms with Crippen molar-refractivity contribution < 1.29 is 14.9 Å². The third-order valence-electron chi connectivity index (χ3n) is 5.82. The third-order valence-corrected chi connectivity index (χ3v) is 5.82. The summed E-state index contributed by atoms with van der Waals surface area (Å²) in [5.41, 5.74) is -0.727. The van der Waals surface area contributed by atoms with Crippen molar-refractivity contribution in [3.8, 4) is 0 Å². The van der Waals surface area contributed by atoms with Crippen molar-refractivity contribution in [2.75, 3.05) is 39.4 Å². The van der Waals surface area contributed by atoms with E-state index >= 15 is 0 Å². The molecule has 5 nitrogen and oxygen atoms in total. The maximum Gasteiger partial charge on any atom is 0.0716 e. The molecule has 3 unspecified atom stereocenters. The van der Waals surface area contributed by atoms with Crippen LogP contribution in [0.4, 0.5) is 0 Å². The number of hydrogen-bond donors (Lipinski definition) is 2. The van der Waals surface area contributed by atoms with Crippen molar-refractivity contribution in [1.82, 2.24) is 9.80 Å². The molecule has 0 radical (unpaired) electrons. The number of aliphatic hydroxyl groups excluding tert-OH is 1. The number of ether oxygens (including phenoxy) is 1. The van der Waals surface area contributed by atoms with Crippen molar-refractivity contribution >= 4 is 0 Å². The van der Waals surface area contributed by atoms with E-state index in [4.69, 9.17) is 4.74 Å². The Morgan fingerprint density at radius 1 is 1.23 bits per heavy atom. The minimum Gasteiger partial charge on any atom is -0.392 e. The molecule has 0 bridgehead atoms. The summed E-state index contributed by atoms with van der Waals surface area (Å²) >= 11 is 0. The molecule has 0 aliphatic carbocycles. The summed E-state index contributed by atoms with van der Waals surface area (Å²) in [5, 5.41) is 21.0. The minimum atomic E-state index is -0.727. The van der Waals surface area contributed by atoms with Gasteiger partial charge in [0.25, 0.3) is 0 Å². The van der Waals surface area contributed by atoms with Crippen LogP contribution in [0.5, 0.6) is 0 Å². The molecule has 2 N–H and O–H groups in total. The molecule has 128 valence electrons. The van der Waals surface area contributed by atoms with Crippen LogP contribution in [0, 0.1) is 0 Å². The lowest BCUT2D eigenvalue weighted by Gasteiger charge is -2.35. The first-order valence-corrected chi connectivity index (χ1v) is 9.02. The molecule has 0 spiro atoms. The van der Waals surface area contributed by atoms with E-state index in [-0.39, 0.29) is 0 Å². The molecule has 3 heterocycles. The van der Waals surface area contributed by atoms with E-state index < -0.39 is 11.7 Å². The van der Waals surface area contributed by atoms with Crippen LogP contribution in [0.1, 0.15) is 45.4 Å². The highest BCUT2D eigenvalue weighted by molar-refractivity contribution is 4.92. The van der Waals surface area contributed by atoms with Crippen LogP contribution in [-0.2, 0) is 4.74 Å². The van der Waals surface area contributed by atoms with Crippen LogP contribution in [0.25, 0.3) is 0 Å². The Labute approximate surface area is 134 Å². The van der Waals surface area contributed by atoms with E-state index in [0.717, 1.165) is 6.54 Å². The van der Waals surface area contributed by atoms with Crippen molar-refractivity contribution in [2.24, 2.45) is 0 Å². The second-order valence-corrected chi connectivity index (χ2v) is 7.63. The first-order valence-electron chi connectivity index (χ1n) is 9.02. The van der Waals surface area contributed by atoms with E-state index in [1.54, 1.807) is 0 Å². The third kappa shape index (κ3) is 4.01. The van der Waals surface area contributed by atoms with Crippen molar-refractivity contribution in [1.29, 1.82) is 0 Å². The van der Waals surface area contributed by atoms with Gasteiger partial charge in [0.1, 0.15) is 0 Å². The normalized spacial score (nSPS) is 35.0. The number of rotatable bonds is 5. The zero-order valence-corrected chi connectivity index (χ0v) is 13.9. The molecule has 5 heteroatoms. The van der Waals surface area contributed by atoms with Crippen molar-refractivity contribution in [3.05, 3.63) is 0 Å². The van der Waals surface area contributed by atoms with E-state index in [0.29, 0.717) is 51.1 Å². The highest BCUT2D eigenvalue weighted by Gasteiger charge is 2.37. The molecular weight excluding hydrogens is 280 g/mol. The zero-order valence-electron chi connectivity index (χ0n) is 13.9. The van der Waals surface area contributed by atoms with Gasteiger partial charge in [0.15, 0.2) is 0 Å². The summed E-state index contributed by atoms with van der Waals surface area (Å²) in [5.74, 6) is 0. The molecule has 0 aromatic heterocycles. The number of hydrogen-bond acceptors (Lipinski definition) is 5. The van der Waals surface area contributed by atoms with Gasteiger partial charge in [-0.05, 0) is 52.1 Å². The van der Waals surface area contributed by atoms with Gasteiger partial charge in [0, 0.05) is 44.8 Å². The Bertz CT molecular complexity index is 354. The Balaban J connectivity index is 1.47. The van der Waals surface area contributed by atoms with Crippen LogP contribution >= 0.6 is 0 Å². The standard InChI is InChI=1S/C17H32N2O3/c1-14-10-15(18-6-2-3-7-18)12-19(14)13-16(20)11-17(21)4-8-22-9-5-17/h14-16,20-21H,2-13H2,1H3. The van der Waals surface area contributed by atoms with Gasteiger partial charge in [-0.3, -0.25) is 9.80 Å². The number of likely N-dealkylation sites (tertiary alicyclic amines) is 2. The van der Waals surface area contributed by atoms with Gasteiger partial charge in [0.2, 0.25) is 0 Å². The molecule has 22 heavy (non-hydrogen) atoms. The summed E-state index contributed by atoms with van der Waals surface area (Å²) in [6, 6.07) is 1.19. The predicted octanol–water partition coefficient (Wildman–Crippen LogP) is 0.837. The van der Waals surface area contributed by atoms with E-state index in [2.05, 4.69) is 16.7 Å². The Kier molecular flexibility index (Phi) is 5.40. The Hall–Kier alpha value is -0.200. The van der Waals surface area contributed by atoms with Crippen LogP contribution < -0.4 is 0 Å². The fourth-order valence-corrected chi connectivity index (χ4v) is 4.42. The topological polar surface area (TPSA) is 56.2 Å². The largest absolute Gasteiger partial charge is 0.392 e. The van der Waals surface area contributed by atoms with Crippen LogP contribution in [0.3, 0.4) is 0 Å². The molecule has 0 aromatic rings. The van der Waals surface area contributed by atoms with Gasteiger partial charge in [-0.1, -0.05) is 0 Å². The van der Waals surface area contributed by atoms with Crippen LogP contribution in [0.2, 0.25) is 0 Å². The fraction of sp³-hybridized carbons (Fsp3) is 1.00. The lowest BCUT2D eigenvalue weighted by Crippen LogP contribution is -2.44. The van der Waals surface area contributed by atoms with E-state index in [1.807, 2.05) is 0 Å². The molecule has 3 aliphatic rings. The SMILES string of the molecule is CC1CC(N2CCCC2)CN1CC(O)CC1(O)CCOCC1. The second kappa shape index (κ2) is 7.14. The first-order chi connectivity index (χ1) is 10.6. The van der Waals surface area contributed by atoms with E-state index in [9.17, 15) is 10.2 Å². The number of β-amino-alcohol motifs (C(OH)–C–C–N with tert-alkyl or cyclic N) is 1. The van der Waals surface area contributed by atoms with E-state index in [1.165, 1.54) is 32.4 Å². The van der Waals surface area contributed by atoms with Gasteiger partial charge < -0.3 is 14.9 Å². The molecule has 3 rings (SSSR count). The average Bonchev–Trinajstić information content (AvgIpc) is 3.09. The average molecular weight is 312 g/mol. The molecular formula is C17H32N2O3. The summed E-state index contributed by atoms with van der Waals surface area (Å²) in [7, 11) is 0. The first kappa shape index (κ1) is 16.7. The van der Waals surface area contributed by atoms with Gasteiger partial charge in [-0.15, -0.1) is 0 Å². The maximum absolute atomic E-state index is 10.5. The van der Waals surface area contributed by atoms with Crippen LogP contribution in [0.15, 0.2) is 0 Å². The molecule has 0 saturated carbocycles. The number of aliphatic hydroxyl groups is 2. The highest BCUT2D eigenvalue weighted by Crippen LogP contribution is 2.28. The molecule has 3 saturated heterocycles. The van der Waals surface area contributed by atoms with Gasteiger partial charge in [-0.2, -0.15) is 0 Å². The van der Waals surface area contributed by atoms with Crippen LogP contribution in [-0.4, -0.2) is 83.2 Å². The highest BCUT2D eigenvalue weighted by atomic mass is 16.5. The summed E-state index contributed by atoms with van der Waals surface area (Å²) in [6.45, 7) is 7.74. The Morgan fingerprint density at radius 2 is 1.91 bits per heavy atom. The molecule has 0 aromatic carbocycles. The van der Waals surface area contributed by atoms with Gasteiger partial charge >= 0.3 is 0 Å². The fourth-order valence-electron chi connectivity index (χ4n) is 4.42. The quantitative estimate of drug-likeness (QED) is 0.788. The Morgan fingerprint density at radius 3 is 2.59 bits per heavy atom. The monoisotopic (exact) mass is 312 g/mol. The molecule has 0 amide bonds. The lowest BCUT2D eigenvalue weighted by atomic mass is 9.88. The zero-order chi connectivity index (χ0) is 15.6. The second-order valence-electron chi connectivity index (χ2n) is 7.63. The minimum absolute atomic E-state index is 0.442. The summed E-state index contributed by atoms with van der Waals surface area (Å²) in [4.78, 5) is 5.03. The molecule has 3 fully saturated rings. The summed E-state index contributed by atoms with van der Waals surface area (Å²) < 4.78 is 5.31. The van der Waals surface area contributed by atoms with Gasteiger partial charge in [0.05, 0.1) is 11.7 Å². The lowest BCUT2D eigenvalue weighted by molar-refractivity contribution is -0.0896. The predicted molar refractivity (Wildman–Crippen MR) is 85.9 cm³/mol. The van der Waals surface area contributed by atoms with Gasteiger partial charge in [-0.25, -0.2) is 0 Å². The molecule has 3 aliphatic heterocycles. The van der Waals surface area contributed by atoms with Crippen molar-refractivity contribution in [2.45, 2.75) is 69.2 Å². The van der Waals surface area contributed by atoms with Crippen molar-refractivity contribution in [3.63, 3.8) is 0 Å². The number of nitrogens with zero attached hydrogens (tertiary/aromatic N) is 2. The molecule has 3 atom stereocenters. The smallest absolute Gasteiger partial charge is 0.0716 e. The summed E-state index contributed by atoms with van der Waals surface area (Å²) in [6.07, 6.45) is 5.22. The maximum atomic E-state index is 10.5.